The SMILES string of the molecule is COc1cncc(C(Nc2cc3ccccc3o2)(C(C)=O)c2ccc(-c3nn[nH]n3)cc2)c1. The molecule has 0 aliphatic rings. The van der Waals surface area contributed by atoms with Gasteiger partial charge in [0.2, 0.25) is 5.82 Å². The zero-order valence-electron chi connectivity index (χ0n) is 17.9. The zero-order valence-corrected chi connectivity index (χ0v) is 17.9. The fourth-order valence-corrected chi connectivity index (χ4v) is 3.92. The molecule has 1 unspecified atom stereocenters. The second-order valence-corrected chi connectivity index (χ2v) is 7.51. The number of ketones is 1. The number of benzene rings is 2. The molecule has 3 heterocycles. The average Bonchev–Trinajstić information content (AvgIpc) is 3.52. The second-order valence-electron chi connectivity index (χ2n) is 7.51. The molecule has 9 nitrogen and oxygen atoms in total. The Hall–Kier alpha value is -4.53. The molecule has 5 aromatic rings. The number of ether oxygens (including phenoxy) is 1. The molecule has 0 bridgehead atoms. The van der Waals surface area contributed by atoms with Gasteiger partial charge in [-0.25, -0.2) is 0 Å². The Bertz CT molecular complexity index is 1380. The lowest BCUT2D eigenvalue weighted by Crippen LogP contribution is -2.43. The number of aromatic amines is 1. The minimum absolute atomic E-state index is 0.148. The summed E-state index contributed by atoms with van der Waals surface area (Å²) in [5.74, 6) is 1.30. The van der Waals surface area contributed by atoms with Crippen LogP contribution in [0.5, 0.6) is 5.75 Å². The van der Waals surface area contributed by atoms with Gasteiger partial charge in [-0.15, -0.1) is 10.2 Å². The van der Waals surface area contributed by atoms with E-state index in [0.29, 0.717) is 34.2 Å². The summed E-state index contributed by atoms with van der Waals surface area (Å²) in [4.78, 5) is 17.7. The van der Waals surface area contributed by atoms with E-state index in [1.165, 1.54) is 6.92 Å². The first-order chi connectivity index (χ1) is 16.1. The van der Waals surface area contributed by atoms with Crippen molar-refractivity contribution in [3.63, 3.8) is 0 Å². The van der Waals surface area contributed by atoms with E-state index in [2.05, 4.69) is 30.9 Å². The Morgan fingerprint density at radius 3 is 2.58 bits per heavy atom. The molecule has 3 aromatic heterocycles. The van der Waals surface area contributed by atoms with E-state index < -0.39 is 5.54 Å². The van der Waals surface area contributed by atoms with Gasteiger partial charge in [-0.2, -0.15) is 5.21 Å². The molecule has 0 saturated carbocycles. The molecule has 9 heteroatoms. The van der Waals surface area contributed by atoms with Gasteiger partial charge in [-0.1, -0.05) is 42.5 Å². The zero-order chi connectivity index (χ0) is 22.8. The standard InChI is InChI=1S/C24H20N6O3/c1-15(31)24(19-12-20(32-2)14-25-13-19,26-22-11-17-5-3-4-6-21(17)33-22)18-9-7-16(8-10-18)23-27-29-30-28-23/h3-14,26H,1-2H3,(H,27,28,29,30). The summed E-state index contributed by atoms with van der Waals surface area (Å²) in [7, 11) is 1.56. The number of methoxy groups -OCH3 is 1. The number of aromatic nitrogens is 5. The van der Waals surface area contributed by atoms with Crippen molar-refractivity contribution in [1.29, 1.82) is 0 Å². The van der Waals surface area contributed by atoms with E-state index in [0.717, 1.165) is 10.9 Å². The number of para-hydroxylation sites is 1. The fourth-order valence-electron chi connectivity index (χ4n) is 3.92. The number of Topliss-reactive ketones (excluding diaryl/α,β-unsaturated/α-hetero) is 1. The number of rotatable bonds is 7. The minimum Gasteiger partial charge on any atom is -0.495 e. The van der Waals surface area contributed by atoms with Crippen molar-refractivity contribution < 1.29 is 13.9 Å². The Balaban J connectivity index is 1.68. The van der Waals surface area contributed by atoms with E-state index in [4.69, 9.17) is 9.15 Å². The largest absolute Gasteiger partial charge is 0.495 e. The summed E-state index contributed by atoms with van der Waals surface area (Å²) in [5.41, 5.74) is 1.50. The summed E-state index contributed by atoms with van der Waals surface area (Å²) in [6.45, 7) is 1.53. The quantitative estimate of drug-likeness (QED) is 0.390. The van der Waals surface area contributed by atoms with Crippen LogP contribution in [0.1, 0.15) is 18.1 Å². The van der Waals surface area contributed by atoms with Crippen molar-refractivity contribution in [3.8, 4) is 17.1 Å². The maximum atomic E-state index is 13.4. The van der Waals surface area contributed by atoms with E-state index in [9.17, 15) is 4.79 Å². The number of H-pyrrole nitrogens is 1. The first kappa shape index (κ1) is 20.4. The maximum absolute atomic E-state index is 13.4. The summed E-state index contributed by atoms with van der Waals surface area (Å²) >= 11 is 0. The number of nitrogens with one attached hydrogen (secondary N) is 2. The molecule has 2 N–H and O–H groups in total. The van der Waals surface area contributed by atoms with Gasteiger partial charge in [0.15, 0.2) is 17.2 Å². The molecule has 33 heavy (non-hydrogen) atoms. The van der Waals surface area contributed by atoms with Crippen molar-refractivity contribution in [2.24, 2.45) is 0 Å². The van der Waals surface area contributed by atoms with Crippen molar-refractivity contribution >= 4 is 22.6 Å². The number of hydrogen-bond acceptors (Lipinski definition) is 8. The molecule has 0 aliphatic carbocycles. The number of carbonyl (C=O) groups is 1. The Labute approximate surface area is 188 Å². The summed E-state index contributed by atoms with van der Waals surface area (Å²) in [6, 6.07) is 18.7. The number of anilines is 1. The summed E-state index contributed by atoms with van der Waals surface area (Å²) in [5, 5.41) is 18.4. The number of fused-ring (bicyclic) bond motifs is 1. The molecule has 5 rings (SSSR count). The number of hydrogen-bond donors (Lipinski definition) is 2. The average molecular weight is 440 g/mol. The van der Waals surface area contributed by atoms with E-state index in [1.807, 2.05) is 54.6 Å². The minimum atomic E-state index is -1.29. The molecular formula is C24H20N6O3. The highest BCUT2D eigenvalue weighted by Gasteiger charge is 2.41. The van der Waals surface area contributed by atoms with E-state index in [1.54, 1.807) is 25.6 Å². The molecule has 0 radical (unpaired) electrons. The Morgan fingerprint density at radius 2 is 1.88 bits per heavy atom. The third kappa shape index (κ3) is 3.59. The second kappa shape index (κ2) is 8.19. The summed E-state index contributed by atoms with van der Waals surface area (Å²) < 4.78 is 11.4. The van der Waals surface area contributed by atoms with Gasteiger partial charge in [0.25, 0.3) is 0 Å². The van der Waals surface area contributed by atoms with Crippen LogP contribution in [-0.4, -0.2) is 38.5 Å². The van der Waals surface area contributed by atoms with Gasteiger partial charge < -0.3 is 14.5 Å². The third-order valence-electron chi connectivity index (χ3n) is 5.57. The third-order valence-corrected chi connectivity index (χ3v) is 5.57. The molecule has 0 amide bonds. The summed E-state index contributed by atoms with van der Waals surface area (Å²) in [6.07, 6.45) is 3.24. The highest BCUT2D eigenvalue weighted by molar-refractivity contribution is 5.95. The molecule has 0 spiro atoms. The van der Waals surface area contributed by atoms with E-state index in [-0.39, 0.29) is 5.78 Å². The van der Waals surface area contributed by atoms with Gasteiger partial charge in [0, 0.05) is 28.8 Å². The van der Waals surface area contributed by atoms with Crippen LogP contribution < -0.4 is 10.1 Å². The van der Waals surface area contributed by atoms with Gasteiger partial charge in [0.1, 0.15) is 11.3 Å². The highest BCUT2D eigenvalue weighted by Crippen LogP contribution is 2.38. The van der Waals surface area contributed by atoms with Crippen LogP contribution in [0, 0.1) is 0 Å². The van der Waals surface area contributed by atoms with Crippen LogP contribution in [-0.2, 0) is 10.3 Å². The lowest BCUT2D eigenvalue weighted by molar-refractivity contribution is -0.120. The van der Waals surface area contributed by atoms with Crippen LogP contribution in [0.2, 0.25) is 0 Å². The van der Waals surface area contributed by atoms with Crippen molar-refractivity contribution in [3.05, 3.63) is 84.2 Å². The number of tetrazole rings is 1. The topological polar surface area (TPSA) is 119 Å². The molecule has 0 aliphatic heterocycles. The van der Waals surface area contributed by atoms with Crippen molar-refractivity contribution in [1.82, 2.24) is 25.6 Å². The first-order valence-electron chi connectivity index (χ1n) is 10.2. The van der Waals surface area contributed by atoms with Gasteiger partial charge in [0.05, 0.1) is 13.3 Å². The Kier molecular flexibility index (Phi) is 5.06. The molecule has 0 fully saturated rings. The first-order valence-corrected chi connectivity index (χ1v) is 10.2. The lowest BCUT2D eigenvalue weighted by Gasteiger charge is -2.33. The normalized spacial score (nSPS) is 12.9. The number of furan rings is 1. The van der Waals surface area contributed by atoms with Crippen molar-refractivity contribution in [2.45, 2.75) is 12.5 Å². The fraction of sp³-hybridized carbons (Fsp3) is 0.125. The number of nitrogens with zero attached hydrogens (tertiary/aromatic N) is 4. The monoisotopic (exact) mass is 440 g/mol. The molecule has 0 saturated heterocycles. The predicted molar refractivity (Wildman–Crippen MR) is 122 cm³/mol. The molecular weight excluding hydrogens is 420 g/mol. The lowest BCUT2D eigenvalue weighted by atomic mass is 9.80. The van der Waals surface area contributed by atoms with Crippen LogP contribution in [0.3, 0.4) is 0 Å². The van der Waals surface area contributed by atoms with Crippen LogP contribution in [0.25, 0.3) is 22.4 Å². The van der Waals surface area contributed by atoms with Crippen LogP contribution in [0.15, 0.2) is 77.5 Å². The maximum Gasteiger partial charge on any atom is 0.204 e. The van der Waals surface area contributed by atoms with Crippen LogP contribution >= 0.6 is 0 Å². The predicted octanol–water partition coefficient (Wildman–Crippen LogP) is 3.96. The molecule has 2 aromatic carbocycles. The van der Waals surface area contributed by atoms with Crippen molar-refractivity contribution in [2.75, 3.05) is 12.4 Å². The van der Waals surface area contributed by atoms with E-state index >= 15 is 0 Å². The number of carbonyl (C=O) groups excluding carboxylic acids is 1. The Morgan fingerprint density at radius 1 is 1.06 bits per heavy atom. The molecule has 1 atom stereocenters. The number of pyridine rings is 1. The van der Waals surface area contributed by atoms with Gasteiger partial charge in [-0.3, -0.25) is 9.78 Å². The molecule has 164 valence electrons. The van der Waals surface area contributed by atoms with Crippen LogP contribution in [0.4, 0.5) is 5.88 Å². The van der Waals surface area contributed by atoms with Gasteiger partial charge in [-0.05, 0) is 29.8 Å². The smallest absolute Gasteiger partial charge is 0.204 e. The van der Waals surface area contributed by atoms with Gasteiger partial charge >= 0.3 is 0 Å². The highest BCUT2D eigenvalue weighted by atomic mass is 16.5.